The number of aromatic nitrogens is 2. The van der Waals surface area contributed by atoms with Gasteiger partial charge in [0.25, 0.3) is 0 Å². The van der Waals surface area contributed by atoms with Gasteiger partial charge >= 0.3 is 0 Å². The number of nitrogens with zero attached hydrogens (tertiary/aromatic N) is 3. The van der Waals surface area contributed by atoms with Crippen LogP contribution in [0.2, 0.25) is 0 Å². The highest BCUT2D eigenvalue weighted by atomic mass is 15.3. The van der Waals surface area contributed by atoms with Crippen LogP contribution in [0.25, 0.3) is 0 Å². The Morgan fingerprint density at radius 2 is 1.94 bits per heavy atom. The van der Waals surface area contributed by atoms with E-state index in [9.17, 15) is 0 Å². The molecule has 3 fully saturated rings. The average Bonchev–Trinajstić information content (AvgIpc) is 2.58. The van der Waals surface area contributed by atoms with E-state index in [1.165, 1.54) is 43.9 Å². The minimum atomic E-state index is 0.624. The molecule has 1 atom stereocenters. The third-order valence-electron chi connectivity index (χ3n) is 4.49. The van der Waals surface area contributed by atoms with E-state index in [4.69, 9.17) is 0 Å². The molecule has 17 heavy (non-hydrogen) atoms. The number of rotatable bonds is 2. The first-order chi connectivity index (χ1) is 8.15. The van der Waals surface area contributed by atoms with Crippen molar-refractivity contribution in [2.45, 2.75) is 32.7 Å². The van der Waals surface area contributed by atoms with Crippen molar-refractivity contribution in [2.24, 2.45) is 13.0 Å². The van der Waals surface area contributed by atoms with Gasteiger partial charge in [-0.1, -0.05) is 0 Å². The molecule has 4 nitrogen and oxygen atoms in total. The van der Waals surface area contributed by atoms with Crippen LogP contribution in [-0.4, -0.2) is 40.4 Å². The molecule has 4 heteroatoms. The molecular weight excluding hydrogens is 212 g/mol. The molecule has 1 N–H and O–H groups in total. The fourth-order valence-corrected chi connectivity index (χ4v) is 3.30. The molecule has 94 valence electrons. The van der Waals surface area contributed by atoms with Gasteiger partial charge in [0.15, 0.2) is 0 Å². The number of hydrogen-bond acceptors (Lipinski definition) is 3. The topological polar surface area (TPSA) is 33.1 Å². The maximum absolute atomic E-state index is 4.48. The van der Waals surface area contributed by atoms with Crippen molar-refractivity contribution in [1.82, 2.24) is 14.7 Å². The van der Waals surface area contributed by atoms with Gasteiger partial charge in [-0.05, 0) is 45.7 Å². The normalized spacial score (nSPS) is 31.8. The van der Waals surface area contributed by atoms with Gasteiger partial charge in [0.2, 0.25) is 0 Å². The molecule has 4 rings (SSSR count). The zero-order valence-corrected chi connectivity index (χ0v) is 11.0. The zero-order valence-electron chi connectivity index (χ0n) is 11.0. The second kappa shape index (κ2) is 4.02. The Kier molecular flexibility index (Phi) is 2.62. The standard InChI is InChI=1S/C13H22N4/c1-9-13(10(2)16(3)15-9)14-12-8-17-6-4-11(12)5-7-17/h11-12,14H,4-8H2,1-3H3. The van der Waals surface area contributed by atoms with Crippen LogP contribution in [0.5, 0.6) is 0 Å². The summed E-state index contributed by atoms with van der Waals surface area (Å²) in [5.74, 6) is 0.860. The van der Waals surface area contributed by atoms with E-state index in [0.29, 0.717) is 6.04 Å². The molecule has 0 radical (unpaired) electrons. The first kappa shape index (κ1) is 11.1. The van der Waals surface area contributed by atoms with Crippen molar-refractivity contribution >= 4 is 5.69 Å². The van der Waals surface area contributed by atoms with Gasteiger partial charge in [-0.3, -0.25) is 4.68 Å². The fraction of sp³-hybridized carbons (Fsp3) is 0.769. The number of nitrogens with one attached hydrogen (secondary N) is 1. The Labute approximate surface area is 103 Å². The van der Waals surface area contributed by atoms with Crippen LogP contribution in [0.3, 0.4) is 0 Å². The highest BCUT2D eigenvalue weighted by molar-refractivity contribution is 5.53. The molecule has 1 unspecified atom stereocenters. The molecule has 3 aliphatic heterocycles. The Balaban J connectivity index is 1.78. The third-order valence-corrected chi connectivity index (χ3v) is 4.49. The summed E-state index contributed by atoms with van der Waals surface area (Å²) < 4.78 is 1.97. The molecule has 0 saturated carbocycles. The van der Waals surface area contributed by atoms with Gasteiger partial charge in [0, 0.05) is 19.6 Å². The van der Waals surface area contributed by atoms with Crippen LogP contribution in [0, 0.1) is 19.8 Å². The molecule has 0 aliphatic carbocycles. The molecule has 4 heterocycles. The third kappa shape index (κ3) is 1.84. The second-order valence-corrected chi connectivity index (χ2v) is 5.56. The number of piperidine rings is 3. The molecule has 0 amide bonds. The van der Waals surface area contributed by atoms with E-state index in [1.54, 1.807) is 0 Å². The first-order valence-corrected chi connectivity index (χ1v) is 6.64. The van der Waals surface area contributed by atoms with Crippen LogP contribution in [-0.2, 0) is 7.05 Å². The van der Waals surface area contributed by atoms with Crippen molar-refractivity contribution < 1.29 is 0 Å². The lowest BCUT2D eigenvalue weighted by Gasteiger charge is -2.45. The van der Waals surface area contributed by atoms with Gasteiger partial charge in [-0.15, -0.1) is 0 Å². The zero-order chi connectivity index (χ0) is 12.0. The molecule has 0 aromatic carbocycles. The minimum Gasteiger partial charge on any atom is -0.378 e. The van der Waals surface area contributed by atoms with Crippen molar-refractivity contribution in [2.75, 3.05) is 25.0 Å². The van der Waals surface area contributed by atoms with Gasteiger partial charge in [-0.25, -0.2) is 0 Å². The van der Waals surface area contributed by atoms with Crippen LogP contribution in [0.1, 0.15) is 24.2 Å². The van der Waals surface area contributed by atoms with Crippen molar-refractivity contribution in [3.8, 4) is 0 Å². The predicted octanol–water partition coefficient (Wildman–Crippen LogP) is 1.54. The monoisotopic (exact) mass is 234 g/mol. The summed E-state index contributed by atoms with van der Waals surface area (Å²) in [5, 5.41) is 8.22. The molecule has 1 aromatic heterocycles. The smallest absolute Gasteiger partial charge is 0.0827 e. The predicted molar refractivity (Wildman–Crippen MR) is 69.3 cm³/mol. The summed E-state index contributed by atoms with van der Waals surface area (Å²) in [4.78, 5) is 2.58. The second-order valence-electron chi connectivity index (χ2n) is 5.56. The lowest BCUT2D eigenvalue weighted by Crippen LogP contribution is -2.53. The number of aryl methyl sites for hydroxylation is 2. The maximum atomic E-state index is 4.48. The van der Waals surface area contributed by atoms with E-state index >= 15 is 0 Å². The highest BCUT2D eigenvalue weighted by Crippen LogP contribution is 2.31. The molecule has 3 aliphatic rings. The Morgan fingerprint density at radius 3 is 2.41 bits per heavy atom. The summed E-state index contributed by atoms with van der Waals surface area (Å²) >= 11 is 0. The number of anilines is 1. The van der Waals surface area contributed by atoms with Crippen LogP contribution >= 0.6 is 0 Å². The summed E-state index contributed by atoms with van der Waals surface area (Å²) in [6.45, 7) is 8.04. The lowest BCUT2D eigenvalue weighted by atomic mass is 9.84. The SMILES string of the molecule is Cc1nn(C)c(C)c1NC1CN2CCC1CC2. The summed E-state index contributed by atoms with van der Waals surface area (Å²) in [5.41, 5.74) is 3.63. The first-order valence-electron chi connectivity index (χ1n) is 6.64. The van der Waals surface area contributed by atoms with E-state index in [-0.39, 0.29) is 0 Å². The number of fused-ring (bicyclic) bond motifs is 3. The van der Waals surface area contributed by atoms with Gasteiger partial charge in [0.1, 0.15) is 0 Å². The van der Waals surface area contributed by atoms with E-state index < -0.39 is 0 Å². The Bertz CT molecular complexity index is 415. The van der Waals surface area contributed by atoms with Crippen LogP contribution in [0.15, 0.2) is 0 Å². The van der Waals surface area contributed by atoms with Crippen molar-refractivity contribution in [3.05, 3.63) is 11.4 Å². The van der Waals surface area contributed by atoms with Gasteiger partial charge in [0.05, 0.1) is 17.1 Å². The minimum absolute atomic E-state index is 0.624. The van der Waals surface area contributed by atoms with Crippen molar-refractivity contribution in [3.63, 3.8) is 0 Å². The van der Waals surface area contributed by atoms with E-state index in [0.717, 1.165) is 11.6 Å². The molecule has 3 saturated heterocycles. The van der Waals surface area contributed by atoms with E-state index in [1.807, 2.05) is 11.7 Å². The van der Waals surface area contributed by atoms with Gasteiger partial charge < -0.3 is 10.2 Å². The van der Waals surface area contributed by atoms with Crippen molar-refractivity contribution in [1.29, 1.82) is 0 Å². The summed E-state index contributed by atoms with van der Waals surface area (Å²) in [6.07, 6.45) is 2.71. The number of hydrogen-bond donors (Lipinski definition) is 1. The maximum Gasteiger partial charge on any atom is 0.0827 e. The fourth-order valence-electron chi connectivity index (χ4n) is 3.30. The van der Waals surface area contributed by atoms with Crippen LogP contribution < -0.4 is 5.32 Å². The van der Waals surface area contributed by atoms with E-state index in [2.05, 4.69) is 29.2 Å². The molecule has 0 spiro atoms. The summed E-state index contributed by atoms with van der Waals surface area (Å²) in [7, 11) is 2.02. The molecule has 1 aromatic rings. The Morgan fingerprint density at radius 1 is 1.24 bits per heavy atom. The van der Waals surface area contributed by atoms with Gasteiger partial charge in [-0.2, -0.15) is 5.10 Å². The average molecular weight is 234 g/mol. The summed E-state index contributed by atoms with van der Waals surface area (Å²) in [6, 6.07) is 0.624. The molecule has 2 bridgehead atoms. The lowest BCUT2D eigenvalue weighted by molar-refractivity contribution is 0.0975. The molecular formula is C13H22N4. The Hall–Kier alpha value is -1.03. The largest absolute Gasteiger partial charge is 0.378 e. The highest BCUT2D eigenvalue weighted by Gasteiger charge is 2.34. The van der Waals surface area contributed by atoms with Crippen LogP contribution in [0.4, 0.5) is 5.69 Å². The quantitative estimate of drug-likeness (QED) is 0.842.